The number of piperidine rings is 1. The lowest BCUT2D eigenvalue weighted by molar-refractivity contribution is -0.142. The molecule has 1 heterocycles. The van der Waals surface area contributed by atoms with E-state index in [0.29, 0.717) is 24.9 Å². The summed E-state index contributed by atoms with van der Waals surface area (Å²) in [6.45, 7) is 2.74. The molecule has 102 valence electrons. The predicted octanol–water partition coefficient (Wildman–Crippen LogP) is 1.47. The number of nitrogens with zero attached hydrogens (tertiary/aromatic N) is 1. The van der Waals surface area contributed by atoms with Gasteiger partial charge in [0.05, 0.1) is 5.92 Å². The van der Waals surface area contributed by atoms with Crippen LogP contribution < -0.4 is 10.6 Å². The zero-order valence-electron chi connectivity index (χ0n) is 10.9. The minimum Gasteiger partial charge on any atom is -0.481 e. The summed E-state index contributed by atoms with van der Waals surface area (Å²) in [6.07, 6.45) is 1.30. The van der Waals surface area contributed by atoms with Crippen LogP contribution in [-0.4, -0.2) is 29.6 Å². The van der Waals surface area contributed by atoms with Gasteiger partial charge in [0.2, 0.25) is 5.91 Å². The van der Waals surface area contributed by atoms with Crippen molar-refractivity contribution in [2.24, 2.45) is 11.7 Å². The molecule has 2 rings (SSSR count). The number of carboxylic acids is 1. The molecule has 19 heavy (non-hydrogen) atoms. The highest BCUT2D eigenvalue weighted by Crippen LogP contribution is 2.28. The van der Waals surface area contributed by atoms with Gasteiger partial charge in [-0.3, -0.25) is 9.59 Å². The maximum atomic E-state index is 11.0. The number of anilines is 1. The summed E-state index contributed by atoms with van der Waals surface area (Å²) < 4.78 is 0. The van der Waals surface area contributed by atoms with E-state index in [-0.39, 0.29) is 12.0 Å². The number of aliphatic carboxylic acids is 1. The molecule has 5 nitrogen and oxygen atoms in total. The van der Waals surface area contributed by atoms with Gasteiger partial charge < -0.3 is 15.7 Å². The predicted molar refractivity (Wildman–Crippen MR) is 72.1 cm³/mol. The van der Waals surface area contributed by atoms with Crippen molar-refractivity contribution in [2.75, 3.05) is 11.4 Å². The van der Waals surface area contributed by atoms with Crippen LogP contribution in [0, 0.1) is 5.92 Å². The highest BCUT2D eigenvalue weighted by molar-refractivity contribution is 5.93. The van der Waals surface area contributed by atoms with Crippen LogP contribution in [0.2, 0.25) is 0 Å². The summed E-state index contributed by atoms with van der Waals surface area (Å²) >= 11 is 0. The molecule has 0 spiro atoms. The van der Waals surface area contributed by atoms with Gasteiger partial charge in [0.25, 0.3) is 0 Å². The summed E-state index contributed by atoms with van der Waals surface area (Å²) in [5.74, 6) is -1.41. The summed E-state index contributed by atoms with van der Waals surface area (Å²) in [5.41, 5.74) is 6.69. The van der Waals surface area contributed by atoms with E-state index < -0.39 is 11.9 Å². The molecular weight excluding hydrogens is 244 g/mol. The molecule has 2 atom stereocenters. The van der Waals surface area contributed by atoms with E-state index in [1.165, 1.54) is 0 Å². The molecule has 0 aliphatic carbocycles. The molecule has 1 aromatic rings. The Morgan fingerprint density at radius 1 is 1.32 bits per heavy atom. The molecule has 2 unspecified atom stereocenters. The Kier molecular flexibility index (Phi) is 3.74. The van der Waals surface area contributed by atoms with Crippen molar-refractivity contribution in [3.63, 3.8) is 0 Å². The molecule has 1 aliphatic heterocycles. The third-order valence-corrected chi connectivity index (χ3v) is 3.71. The minimum atomic E-state index is -0.712. The molecule has 1 saturated heterocycles. The average molecular weight is 262 g/mol. The van der Waals surface area contributed by atoms with Crippen LogP contribution in [0.15, 0.2) is 24.3 Å². The van der Waals surface area contributed by atoms with Gasteiger partial charge in [0.15, 0.2) is 0 Å². The van der Waals surface area contributed by atoms with E-state index in [1.54, 1.807) is 12.1 Å². The molecule has 0 bridgehead atoms. The van der Waals surface area contributed by atoms with Crippen LogP contribution in [0.5, 0.6) is 0 Å². The fourth-order valence-electron chi connectivity index (χ4n) is 2.60. The number of hydrogen-bond donors (Lipinski definition) is 2. The van der Waals surface area contributed by atoms with Crippen LogP contribution in [0.1, 0.15) is 30.1 Å². The Labute approximate surface area is 112 Å². The second kappa shape index (κ2) is 5.30. The number of hydrogen-bond acceptors (Lipinski definition) is 3. The minimum absolute atomic E-state index is 0.175. The van der Waals surface area contributed by atoms with Crippen molar-refractivity contribution in [3.8, 4) is 0 Å². The quantitative estimate of drug-likeness (QED) is 0.864. The van der Waals surface area contributed by atoms with E-state index in [1.807, 2.05) is 19.1 Å². The van der Waals surface area contributed by atoms with E-state index in [0.717, 1.165) is 5.69 Å². The number of amides is 1. The maximum absolute atomic E-state index is 11.0. The monoisotopic (exact) mass is 262 g/mol. The number of nitrogens with two attached hydrogens (primary N) is 1. The Morgan fingerprint density at radius 3 is 2.42 bits per heavy atom. The lowest BCUT2D eigenvalue weighted by Crippen LogP contribution is -2.42. The van der Waals surface area contributed by atoms with E-state index >= 15 is 0 Å². The Morgan fingerprint density at radius 2 is 1.95 bits per heavy atom. The largest absolute Gasteiger partial charge is 0.481 e. The van der Waals surface area contributed by atoms with Crippen LogP contribution in [0.25, 0.3) is 0 Å². The average Bonchev–Trinajstić information content (AvgIpc) is 2.38. The molecule has 1 aromatic carbocycles. The van der Waals surface area contributed by atoms with Crippen LogP contribution in [0.3, 0.4) is 0 Å². The first-order valence-electron chi connectivity index (χ1n) is 6.38. The van der Waals surface area contributed by atoms with Gasteiger partial charge >= 0.3 is 5.97 Å². The van der Waals surface area contributed by atoms with Crippen molar-refractivity contribution in [1.82, 2.24) is 0 Å². The number of rotatable bonds is 3. The van der Waals surface area contributed by atoms with Crippen LogP contribution in [0.4, 0.5) is 5.69 Å². The normalized spacial score (nSPS) is 23.1. The summed E-state index contributed by atoms with van der Waals surface area (Å²) in [5, 5.41) is 9.04. The molecule has 3 N–H and O–H groups in total. The van der Waals surface area contributed by atoms with Crippen molar-refractivity contribution < 1.29 is 14.7 Å². The van der Waals surface area contributed by atoms with Gasteiger partial charge in [-0.1, -0.05) is 0 Å². The lowest BCUT2D eigenvalue weighted by atomic mass is 9.91. The molecule has 1 fully saturated rings. The fraction of sp³-hybridized carbons (Fsp3) is 0.429. The second-order valence-corrected chi connectivity index (χ2v) is 5.01. The number of primary amides is 1. The zero-order valence-corrected chi connectivity index (χ0v) is 10.9. The van der Waals surface area contributed by atoms with Gasteiger partial charge in [-0.25, -0.2) is 0 Å². The highest BCUT2D eigenvalue weighted by atomic mass is 16.4. The first-order chi connectivity index (χ1) is 8.99. The molecule has 0 saturated carbocycles. The summed E-state index contributed by atoms with van der Waals surface area (Å²) in [6, 6.07) is 7.30. The first-order valence-corrected chi connectivity index (χ1v) is 6.38. The van der Waals surface area contributed by atoms with Crippen LogP contribution >= 0.6 is 0 Å². The second-order valence-electron chi connectivity index (χ2n) is 5.01. The van der Waals surface area contributed by atoms with Crippen LogP contribution in [-0.2, 0) is 4.79 Å². The zero-order chi connectivity index (χ0) is 14.0. The smallest absolute Gasteiger partial charge is 0.306 e. The SMILES string of the molecule is CC1CC(C(=O)O)CCN1c1ccc(C(N)=O)cc1. The van der Waals surface area contributed by atoms with Crippen molar-refractivity contribution >= 4 is 17.6 Å². The summed E-state index contributed by atoms with van der Waals surface area (Å²) in [7, 11) is 0. The maximum Gasteiger partial charge on any atom is 0.306 e. The van der Waals surface area contributed by atoms with Gasteiger partial charge in [-0.2, -0.15) is 0 Å². The van der Waals surface area contributed by atoms with Crippen molar-refractivity contribution in [3.05, 3.63) is 29.8 Å². The first kappa shape index (κ1) is 13.4. The Bertz CT molecular complexity index is 484. The van der Waals surface area contributed by atoms with E-state index in [2.05, 4.69) is 4.90 Å². The highest BCUT2D eigenvalue weighted by Gasteiger charge is 2.29. The number of carbonyl (C=O) groups is 2. The standard InChI is InChI=1S/C14H18N2O3/c1-9-8-11(14(18)19)6-7-16(9)12-4-2-10(3-5-12)13(15)17/h2-5,9,11H,6-8H2,1H3,(H2,15,17)(H,18,19). The Balaban J connectivity index is 2.10. The molecule has 5 heteroatoms. The van der Waals surface area contributed by atoms with Gasteiger partial charge in [0, 0.05) is 23.8 Å². The van der Waals surface area contributed by atoms with Gasteiger partial charge in [0.1, 0.15) is 0 Å². The van der Waals surface area contributed by atoms with E-state index in [9.17, 15) is 9.59 Å². The number of carboxylic acid groups (broad SMARTS) is 1. The molecular formula is C14H18N2O3. The van der Waals surface area contributed by atoms with E-state index in [4.69, 9.17) is 10.8 Å². The molecule has 1 aliphatic rings. The third kappa shape index (κ3) is 2.86. The molecule has 0 radical (unpaired) electrons. The summed E-state index contributed by atoms with van der Waals surface area (Å²) in [4.78, 5) is 24.2. The lowest BCUT2D eigenvalue weighted by Gasteiger charge is -2.38. The van der Waals surface area contributed by atoms with Crippen molar-refractivity contribution in [2.45, 2.75) is 25.8 Å². The number of carbonyl (C=O) groups excluding carboxylic acids is 1. The van der Waals surface area contributed by atoms with Gasteiger partial charge in [-0.15, -0.1) is 0 Å². The third-order valence-electron chi connectivity index (χ3n) is 3.71. The molecule has 1 amide bonds. The fourth-order valence-corrected chi connectivity index (χ4v) is 2.60. The topological polar surface area (TPSA) is 83.6 Å². The van der Waals surface area contributed by atoms with Crippen molar-refractivity contribution in [1.29, 1.82) is 0 Å². The van der Waals surface area contributed by atoms with Gasteiger partial charge in [-0.05, 0) is 44.0 Å². The molecule has 0 aromatic heterocycles. The number of benzene rings is 1. The Hall–Kier alpha value is -2.04.